The van der Waals surface area contributed by atoms with Crippen molar-refractivity contribution in [1.82, 2.24) is 5.32 Å². The maximum atomic E-state index is 14.0. The first-order valence-electron chi connectivity index (χ1n) is 7.33. The molecular weight excluding hydrogens is 311 g/mol. The third kappa shape index (κ3) is 3.62. The highest BCUT2D eigenvalue weighted by molar-refractivity contribution is 6.46. The molecule has 1 aliphatic rings. The van der Waals surface area contributed by atoms with E-state index in [-0.39, 0.29) is 36.7 Å². The predicted molar refractivity (Wildman–Crippen MR) is 77.5 cm³/mol. The van der Waals surface area contributed by atoms with E-state index in [0.717, 1.165) is 6.07 Å². The second kappa shape index (κ2) is 7.24. The van der Waals surface area contributed by atoms with Crippen LogP contribution in [0.15, 0.2) is 6.07 Å². The Morgan fingerprint density at radius 2 is 2.26 bits per heavy atom. The molecule has 1 heterocycles. The van der Waals surface area contributed by atoms with E-state index in [1.165, 1.54) is 0 Å². The number of nitrogens with one attached hydrogen (secondary N) is 1. The van der Waals surface area contributed by atoms with Gasteiger partial charge >= 0.3 is 7.12 Å². The molecule has 0 aromatic heterocycles. The van der Waals surface area contributed by atoms with Crippen molar-refractivity contribution in [3.8, 4) is 5.75 Å². The summed E-state index contributed by atoms with van der Waals surface area (Å²) in [6, 6.07) is 0.920. The van der Waals surface area contributed by atoms with Gasteiger partial charge in [-0.3, -0.25) is 4.79 Å². The molecule has 0 radical (unpaired) electrons. The summed E-state index contributed by atoms with van der Waals surface area (Å²) in [5.74, 6) is -3.74. The number of hydrogen-bond donors (Lipinski definition) is 3. The van der Waals surface area contributed by atoms with E-state index in [1.807, 2.05) is 0 Å². The van der Waals surface area contributed by atoms with E-state index in [9.17, 15) is 23.7 Å². The summed E-state index contributed by atoms with van der Waals surface area (Å²) in [7, 11) is -1.45. The zero-order valence-corrected chi connectivity index (χ0v) is 12.8. The molecule has 0 fully saturated rings. The number of carbonyl (C=O) groups excluding carboxylic acids is 1. The SMILES string of the molecule is CCOC(O)c1c(F)c(F)cc2c1OB(O)[C@@H](NC(=O)CC)C2. The van der Waals surface area contributed by atoms with Crippen LogP contribution in [0.3, 0.4) is 0 Å². The quantitative estimate of drug-likeness (QED) is 0.550. The van der Waals surface area contributed by atoms with Crippen molar-refractivity contribution in [2.24, 2.45) is 0 Å². The second-order valence-corrected chi connectivity index (χ2v) is 5.12. The fourth-order valence-electron chi connectivity index (χ4n) is 2.41. The molecule has 0 bridgehead atoms. The lowest BCUT2D eigenvalue weighted by molar-refractivity contribution is -0.121. The lowest BCUT2D eigenvalue weighted by Crippen LogP contribution is -2.53. The van der Waals surface area contributed by atoms with Crippen LogP contribution < -0.4 is 9.97 Å². The van der Waals surface area contributed by atoms with Crippen LogP contribution in [-0.4, -0.2) is 35.7 Å². The van der Waals surface area contributed by atoms with Crippen LogP contribution >= 0.6 is 0 Å². The first kappa shape index (κ1) is 17.6. The second-order valence-electron chi connectivity index (χ2n) is 5.12. The molecule has 0 spiro atoms. The molecule has 23 heavy (non-hydrogen) atoms. The molecule has 2 rings (SSSR count). The van der Waals surface area contributed by atoms with Gasteiger partial charge in [-0.25, -0.2) is 8.78 Å². The molecule has 9 heteroatoms. The highest BCUT2D eigenvalue weighted by Gasteiger charge is 2.39. The normalized spacial score (nSPS) is 18.2. The average Bonchev–Trinajstić information content (AvgIpc) is 2.50. The Labute approximate surface area is 132 Å². The van der Waals surface area contributed by atoms with Crippen molar-refractivity contribution >= 4 is 13.0 Å². The maximum Gasteiger partial charge on any atom is 0.547 e. The Morgan fingerprint density at radius 3 is 2.87 bits per heavy atom. The topological polar surface area (TPSA) is 88.0 Å². The molecule has 1 aliphatic heterocycles. The van der Waals surface area contributed by atoms with Gasteiger partial charge in [0.05, 0.1) is 11.5 Å². The third-order valence-corrected chi connectivity index (χ3v) is 3.55. The Morgan fingerprint density at radius 1 is 1.57 bits per heavy atom. The molecule has 0 aliphatic carbocycles. The molecule has 1 unspecified atom stereocenters. The number of halogens is 2. The van der Waals surface area contributed by atoms with Crippen molar-refractivity contribution in [2.75, 3.05) is 6.61 Å². The number of ether oxygens (including phenoxy) is 1. The highest BCUT2D eigenvalue weighted by Crippen LogP contribution is 2.37. The van der Waals surface area contributed by atoms with E-state index < -0.39 is 36.5 Å². The van der Waals surface area contributed by atoms with E-state index in [1.54, 1.807) is 13.8 Å². The third-order valence-electron chi connectivity index (χ3n) is 3.55. The molecule has 1 aromatic carbocycles. The summed E-state index contributed by atoms with van der Waals surface area (Å²) < 4.78 is 37.9. The van der Waals surface area contributed by atoms with Crippen LogP contribution in [-0.2, 0) is 16.0 Å². The van der Waals surface area contributed by atoms with E-state index in [0.29, 0.717) is 0 Å². The van der Waals surface area contributed by atoms with Gasteiger partial charge in [0.15, 0.2) is 17.9 Å². The summed E-state index contributed by atoms with van der Waals surface area (Å²) in [6.45, 7) is 3.30. The fraction of sp³-hybridized carbons (Fsp3) is 0.500. The van der Waals surface area contributed by atoms with Crippen LogP contribution in [0.4, 0.5) is 8.78 Å². The Hall–Kier alpha value is -1.71. The van der Waals surface area contributed by atoms with Crippen LogP contribution in [0.25, 0.3) is 0 Å². The predicted octanol–water partition coefficient (Wildman–Crippen LogP) is 0.842. The number of amides is 1. The minimum Gasteiger partial charge on any atom is -0.534 e. The minimum atomic E-state index is -1.72. The zero-order chi connectivity index (χ0) is 17.1. The molecule has 3 N–H and O–H groups in total. The van der Waals surface area contributed by atoms with Crippen molar-refractivity contribution in [1.29, 1.82) is 0 Å². The number of carbonyl (C=O) groups is 1. The fourth-order valence-corrected chi connectivity index (χ4v) is 2.41. The standard InChI is InChI=1S/C14H18BF2NO5/c1-3-10(19)18-9-6-7-5-8(16)12(17)11(14(20)22-4-2)13(7)23-15(9)21/h5,9,14,20-21H,3-4,6H2,1-2H3,(H,18,19)/t9-,14?/m0/s1. The molecule has 2 atom stereocenters. The summed E-state index contributed by atoms with van der Waals surface area (Å²) in [4.78, 5) is 11.4. The number of rotatable bonds is 5. The lowest BCUT2D eigenvalue weighted by Gasteiger charge is -2.30. The zero-order valence-electron chi connectivity index (χ0n) is 12.8. The molecule has 6 nitrogen and oxygen atoms in total. The molecule has 126 valence electrons. The van der Waals surface area contributed by atoms with Crippen molar-refractivity contribution < 1.29 is 33.1 Å². The molecule has 0 saturated heterocycles. The highest BCUT2D eigenvalue weighted by atomic mass is 19.2. The summed E-state index contributed by atoms with van der Waals surface area (Å²) >= 11 is 0. The first-order valence-corrected chi connectivity index (χ1v) is 7.33. The number of hydrogen-bond acceptors (Lipinski definition) is 5. The van der Waals surface area contributed by atoms with Crippen molar-refractivity contribution in [3.63, 3.8) is 0 Å². The van der Waals surface area contributed by atoms with E-state index in [2.05, 4.69) is 5.32 Å². The van der Waals surface area contributed by atoms with Gasteiger partial charge in [0, 0.05) is 13.0 Å². The van der Waals surface area contributed by atoms with Gasteiger partial charge in [0.2, 0.25) is 5.91 Å². The van der Waals surface area contributed by atoms with Gasteiger partial charge < -0.3 is 24.8 Å². The number of benzene rings is 1. The first-order chi connectivity index (χ1) is 10.9. The number of aliphatic hydroxyl groups excluding tert-OH is 1. The average molecular weight is 329 g/mol. The lowest BCUT2D eigenvalue weighted by atomic mass is 9.72. The molecule has 1 amide bonds. The van der Waals surface area contributed by atoms with Crippen molar-refractivity contribution in [3.05, 3.63) is 28.8 Å². The van der Waals surface area contributed by atoms with Crippen molar-refractivity contribution in [2.45, 2.75) is 38.9 Å². The van der Waals surface area contributed by atoms with Gasteiger partial charge in [-0.2, -0.15) is 0 Å². The molecule has 1 aromatic rings. The van der Waals surface area contributed by atoms with E-state index >= 15 is 0 Å². The Balaban J connectivity index is 2.39. The van der Waals surface area contributed by atoms with Crippen LogP contribution in [0, 0.1) is 11.6 Å². The molecule has 0 saturated carbocycles. The minimum absolute atomic E-state index is 0.0330. The summed E-state index contributed by atoms with van der Waals surface area (Å²) in [6.07, 6.45) is -1.48. The largest absolute Gasteiger partial charge is 0.547 e. The Kier molecular flexibility index (Phi) is 5.56. The van der Waals surface area contributed by atoms with Crippen LogP contribution in [0.1, 0.15) is 37.7 Å². The van der Waals surface area contributed by atoms with Gasteiger partial charge in [-0.05, 0) is 25.0 Å². The summed E-state index contributed by atoms with van der Waals surface area (Å²) in [5, 5.41) is 22.4. The smallest absolute Gasteiger partial charge is 0.534 e. The maximum absolute atomic E-state index is 14.0. The van der Waals surface area contributed by atoms with Gasteiger partial charge in [-0.15, -0.1) is 0 Å². The number of fused-ring (bicyclic) bond motifs is 1. The Bertz CT molecular complexity index is 601. The van der Waals surface area contributed by atoms with E-state index in [4.69, 9.17) is 9.39 Å². The van der Waals surface area contributed by atoms with Gasteiger partial charge in [0.25, 0.3) is 0 Å². The van der Waals surface area contributed by atoms with Crippen LogP contribution in [0.5, 0.6) is 5.75 Å². The number of aliphatic hydroxyl groups is 1. The van der Waals surface area contributed by atoms with Gasteiger partial charge in [0.1, 0.15) is 5.75 Å². The monoisotopic (exact) mass is 329 g/mol. The summed E-state index contributed by atoms with van der Waals surface area (Å²) in [5.41, 5.74) is -0.273. The van der Waals surface area contributed by atoms with Crippen LogP contribution in [0.2, 0.25) is 0 Å². The molecular formula is C14H18BF2NO5. The van der Waals surface area contributed by atoms with Gasteiger partial charge in [-0.1, -0.05) is 6.92 Å².